The lowest BCUT2D eigenvalue weighted by Gasteiger charge is -2.36. The number of carbonyl (C=O) groups is 1. The van der Waals surface area contributed by atoms with Gasteiger partial charge in [-0.2, -0.15) is 0 Å². The minimum atomic E-state index is -0.203. The molecule has 0 aliphatic heterocycles. The van der Waals surface area contributed by atoms with Crippen LogP contribution in [0, 0.1) is 17.3 Å². The van der Waals surface area contributed by atoms with Crippen LogP contribution in [0.15, 0.2) is 12.2 Å². The summed E-state index contributed by atoms with van der Waals surface area (Å²) >= 11 is 0. The number of hydrogen-bond acceptors (Lipinski definition) is 2. The molecule has 0 radical (unpaired) electrons. The van der Waals surface area contributed by atoms with Gasteiger partial charge in [0.1, 0.15) is 0 Å². The molecule has 98 valence electrons. The van der Waals surface area contributed by atoms with E-state index in [0.717, 1.165) is 5.92 Å². The summed E-state index contributed by atoms with van der Waals surface area (Å²) in [5.74, 6) is 1.19. The smallest absolute Gasteiger partial charge is 0.330 e. The quantitative estimate of drug-likeness (QED) is 0.549. The highest BCUT2D eigenvalue weighted by atomic mass is 16.5. The first-order valence-corrected chi connectivity index (χ1v) is 6.78. The van der Waals surface area contributed by atoms with Crippen LogP contribution < -0.4 is 0 Å². The zero-order chi connectivity index (χ0) is 12.9. The second kappa shape index (κ2) is 6.23. The van der Waals surface area contributed by atoms with Crippen LogP contribution in [0.2, 0.25) is 0 Å². The molecular formula is C15H26O2. The van der Waals surface area contributed by atoms with Gasteiger partial charge in [0.25, 0.3) is 0 Å². The van der Waals surface area contributed by atoms with Crippen LogP contribution in [0.4, 0.5) is 0 Å². The summed E-state index contributed by atoms with van der Waals surface area (Å²) in [5.41, 5.74) is 0.426. The summed E-state index contributed by atoms with van der Waals surface area (Å²) in [7, 11) is 0. The maximum Gasteiger partial charge on any atom is 0.330 e. The highest BCUT2D eigenvalue weighted by molar-refractivity contribution is 5.81. The summed E-state index contributed by atoms with van der Waals surface area (Å²) in [6.45, 7) is 9.27. The van der Waals surface area contributed by atoms with Gasteiger partial charge in [-0.05, 0) is 49.9 Å². The largest absolute Gasteiger partial charge is 0.463 e. The molecule has 17 heavy (non-hydrogen) atoms. The molecule has 0 aromatic rings. The summed E-state index contributed by atoms with van der Waals surface area (Å²) in [6.07, 6.45) is 8.61. The van der Waals surface area contributed by atoms with E-state index < -0.39 is 0 Å². The number of esters is 1. The Morgan fingerprint density at radius 1 is 1.24 bits per heavy atom. The minimum Gasteiger partial charge on any atom is -0.463 e. The van der Waals surface area contributed by atoms with Crippen molar-refractivity contribution in [1.82, 2.24) is 0 Å². The molecule has 0 heterocycles. The molecule has 0 spiro atoms. The Labute approximate surface area is 105 Å². The third kappa shape index (κ3) is 4.93. The molecule has 2 heteroatoms. The fraction of sp³-hybridized carbons (Fsp3) is 0.800. The summed E-state index contributed by atoms with van der Waals surface area (Å²) < 4.78 is 4.88. The van der Waals surface area contributed by atoms with Crippen LogP contribution in [0.3, 0.4) is 0 Å². The molecule has 0 N–H and O–H groups in total. The Bertz CT molecular complexity index is 265. The van der Waals surface area contributed by atoms with E-state index in [-0.39, 0.29) is 5.97 Å². The first-order chi connectivity index (χ1) is 7.93. The normalized spacial score (nSPS) is 26.1. The number of hydrogen-bond donors (Lipinski definition) is 0. The summed E-state index contributed by atoms with van der Waals surface area (Å²) in [5, 5.41) is 0. The SMILES string of the molecule is CCOC(=O)/C=C/C1CCC(C(C)(C)C)CC1. The van der Waals surface area contributed by atoms with E-state index >= 15 is 0 Å². The van der Waals surface area contributed by atoms with Crippen molar-refractivity contribution in [1.29, 1.82) is 0 Å². The molecule has 1 aliphatic rings. The Morgan fingerprint density at radius 3 is 2.29 bits per heavy atom. The fourth-order valence-electron chi connectivity index (χ4n) is 2.58. The van der Waals surface area contributed by atoms with E-state index in [4.69, 9.17) is 4.74 Å². The van der Waals surface area contributed by atoms with Crippen molar-refractivity contribution >= 4 is 5.97 Å². The van der Waals surface area contributed by atoms with Crippen LogP contribution in [-0.2, 0) is 9.53 Å². The maximum absolute atomic E-state index is 11.2. The fourth-order valence-corrected chi connectivity index (χ4v) is 2.58. The number of rotatable bonds is 3. The van der Waals surface area contributed by atoms with Gasteiger partial charge >= 0.3 is 5.97 Å². The van der Waals surface area contributed by atoms with Crippen molar-refractivity contribution in [2.75, 3.05) is 6.61 Å². The zero-order valence-corrected chi connectivity index (χ0v) is 11.7. The first kappa shape index (κ1) is 14.3. The Morgan fingerprint density at radius 2 is 1.82 bits per heavy atom. The van der Waals surface area contributed by atoms with Gasteiger partial charge in [-0.1, -0.05) is 26.8 Å². The highest BCUT2D eigenvalue weighted by Crippen LogP contribution is 2.40. The molecule has 0 unspecified atom stereocenters. The van der Waals surface area contributed by atoms with Gasteiger partial charge in [0.05, 0.1) is 6.61 Å². The molecule has 0 bridgehead atoms. The van der Waals surface area contributed by atoms with Gasteiger partial charge < -0.3 is 4.74 Å². The molecule has 0 saturated heterocycles. The van der Waals surface area contributed by atoms with Crippen molar-refractivity contribution in [3.05, 3.63) is 12.2 Å². The summed E-state index contributed by atoms with van der Waals surface area (Å²) in [4.78, 5) is 11.2. The van der Waals surface area contributed by atoms with Crippen molar-refractivity contribution in [3.63, 3.8) is 0 Å². The van der Waals surface area contributed by atoms with E-state index in [1.165, 1.54) is 25.7 Å². The standard InChI is InChI=1S/C15H26O2/c1-5-17-14(16)11-8-12-6-9-13(10-7-12)15(2,3)4/h8,11-13H,5-7,9-10H2,1-4H3/b11-8+. The molecule has 0 amide bonds. The number of ether oxygens (including phenoxy) is 1. The van der Waals surface area contributed by atoms with Crippen LogP contribution in [0.5, 0.6) is 0 Å². The molecular weight excluding hydrogens is 212 g/mol. The second-order valence-corrected chi connectivity index (χ2v) is 6.09. The highest BCUT2D eigenvalue weighted by Gasteiger charge is 2.28. The lowest BCUT2D eigenvalue weighted by atomic mass is 9.70. The van der Waals surface area contributed by atoms with E-state index in [9.17, 15) is 4.79 Å². The van der Waals surface area contributed by atoms with Crippen LogP contribution in [-0.4, -0.2) is 12.6 Å². The third-order valence-electron chi connectivity index (χ3n) is 3.79. The van der Waals surface area contributed by atoms with E-state index in [1.807, 2.05) is 13.0 Å². The molecule has 1 aliphatic carbocycles. The van der Waals surface area contributed by atoms with Crippen molar-refractivity contribution < 1.29 is 9.53 Å². The summed E-state index contributed by atoms with van der Waals surface area (Å²) in [6, 6.07) is 0. The van der Waals surface area contributed by atoms with Gasteiger partial charge in [-0.25, -0.2) is 4.79 Å². The van der Waals surface area contributed by atoms with Gasteiger partial charge in [0, 0.05) is 6.08 Å². The van der Waals surface area contributed by atoms with Gasteiger partial charge in [-0.15, -0.1) is 0 Å². The predicted molar refractivity (Wildman–Crippen MR) is 70.7 cm³/mol. The Kier molecular flexibility index (Phi) is 5.23. The minimum absolute atomic E-state index is 0.203. The molecule has 0 aromatic heterocycles. The van der Waals surface area contributed by atoms with Crippen LogP contribution in [0.25, 0.3) is 0 Å². The van der Waals surface area contributed by atoms with Crippen LogP contribution in [0.1, 0.15) is 53.4 Å². The predicted octanol–water partition coefficient (Wildman–Crippen LogP) is 3.96. The van der Waals surface area contributed by atoms with Crippen LogP contribution >= 0.6 is 0 Å². The molecule has 1 fully saturated rings. The first-order valence-electron chi connectivity index (χ1n) is 6.78. The van der Waals surface area contributed by atoms with Gasteiger partial charge in [0.15, 0.2) is 0 Å². The average molecular weight is 238 g/mol. The van der Waals surface area contributed by atoms with E-state index in [2.05, 4.69) is 20.8 Å². The van der Waals surface area contributed by atoms with Crippen molar-refractivity contribution in [2.24, 2.45) is 17.3 Å². The number of allylic oxidation sites excluding steroid dienone is 1. The Balaban J connectivity index is 2.35. The maximum atomic E-state index is 11.2. The lowest BCUT2D eigenvalue weighted by molar-refractivity contribution is -0.137. The zero-order valence-electron chi connectivity index (χ0n) is 11.7. The van der Waals surface area contributed by atoms with Crippen molar-refractivity contribution in [2.45, 2.75) is 53.4 Å². The van der Waals surface area contributed by atoms with Gasteiger partial charge in [-0.3, -0.25) is 0 Å². The molecule has 0 aromatic carbocycles. The van der Waals surface area contributed by atoms with Crippen molar-refractivity contribution in [3.8, 4) is 0 Å². The molecule has 2 nitrogen and oxygen atoms in total. The van der Waals surface area contributed by atoms with E-state index in [0.29, 0.717) is 17.9 Å². The van der Waals surface area contributed by atoms with Gasteiger partial charge in [0.2, 0.25) is 0 Å². The third-order valence-corrected chi connectivity index (χ3v) is 3.79. The molecule has 0 atom stereocenters. The topological polar surface area (TPSA) is 26.3 Å². The lowest BCUT2D eigenvalue weighted by Crippen LogP contribution is -2.25. The average Bonchev–Trinajstić information content (AvgIpc) is 2.26. The monoisotopic (exact) mass is 238 g/mol. The Hall–Kier alpha value is -0.790. The second-order valence-electron chi connectivity index (χ2n) is 6.09. The molecule has 1 saturated carbocycles. The molecule has 1 rings (SSSR count). The number of carbonyl (C=O) groups excluding carboxylic acids is 1. The van der Waals surface area contributed by atoms with E-state index in [1.54, 1.807) is 6.08 Å².